The Kier molecular flexibility index (Phi) is 4.59. The van der Waals surface area contributed by atoms with Gasteiger partial charge >= 0.3 is 0 Å². The number of hydrogen-bond donors (Lipinski definition) is 0. The number of Topliss-reactive ketones (excluding diaryl/α,β-unsaturated/α-hetero) is 1. The van der Waals surface area contributed by atoms with Crippen molar-refractivity contribution in [2.24, 2.45) is 5.92 Å². The van der Waals surface area contributed by atoms with Crippen LogP contribution in [0.4, 0.5) is 4.39 Å². The minimum Gasteiger partial charge on any atom is -0.378 e. The SMILES string of the molecule is O=C(c1cncc(F)c1)C1CC2COCC(C1)N2Cc1ccccc1. The summed E-state index contributed by atoms with van der Waals surface area (Å²) in [7, 11) is 0. The maximum absolute atomic E-state index is 13.4. The van der Waals surface area contributed by atoms with Gasteiger partial charge < -0.3 is 4.74 Å². The summed E-state index contributed by atoms with van der Waals surface area (Å²) in [5.41, 5.74) is 1.65. The summed E-state index contributed by atoms with van der Waals surface area (Å²) in [6, 6.07) is 12.1. The van der Waals surface area contributed by atoms with Gasteiger partial charge in [-0.1, -0.05) is 30.3 Å². The van der Waals surface area contributed by atoms with Crippen LogP contribution in [0.1, 0.15) is 28.8 Å². The van der Waals surface area contributed by atoms with Crippen LogP contribution in [0.2, 0.25) is 0 Å². The zero-order valence-electron chi connectivity index (χ0n) is 14.0. The smallest absolute Gasteiger partial charge is 0.167 e. The third kappa shape index (κ3) is 3.48. The van der Waals surface area contributed by atoms with Crippen LogP contribution >= 0.6 is 0 Å². The van der Waals surface area contributed by atoms with Crippen molar-refractivity contribution in [2.45, 2.75) is 31.5 Å². The van der Waals surface area contributed by atoms with Crippen molar-refractivity contribution in [3.8, 4) is 0 Å². The second kappa shape index (κ2) is 7.02. The molecule has 2 atom stereocenters. The van der Waals surface area contributed by atoms with E-state index in [2.05, 4.69) is 34.1 Å². The summed E-state index contributed by atoms with van der Waals surface area (Å²) >= 11 is 0. The van der Waals surface area contributed by atoms with Gasteiger partial charge in [-0.05, 0) is 24.5 Å². The van der Waals surface area contributed by atoms with Crippen molar-refractivity contribution in [3.05, 3.63) is 65.7 Å². The molecule has 5 heteroatoms. The number of piperidine rings is 1. The molecule has 0 amide bonds. The number of benzene rings is 1. The molecule has 2 unspecified atom stereocenters. The number of carbonyl (C=O) groups excluding carboxylic acids is 1. The van der Waals surface area contributed by atoms with E-state index in [9.17, 15) is 9.18 Å². The van der Waals surface area contributed by atoms with E-state index >= 15 is 0 Å². The summed E-state index contributed by atoms with van der Waals surface area (Å²) in [5, 5.41) is 0. The highest BCUT2D eigenvalue weighted by Crippen LogP contribution is 2.34. The average molecular weight is 340 g/mol. The summed E-state index contributed by atoms with van der Waals surface area (Å²) in [4.78, 5) is 19.1. The summed E-state index contributed by atoms with van der Waals surface area (Å²) in [6.45, 7) is 2.17. The Morgan fingerprint density at radius 3 is 2.56 bits per heavy atom. The van der Waals surface area contributed by atoms with E-state index in [1.807, 2.05) is 6.07 Å². The van der Waals surface area contributed by atoms with Crippen LogP contribution in [-0.4, -0.2) is 41.0 Å². The van der Waals surface area contributed by atoms with Crippen LogP contribution in [0, 0.1) is 11.7 Å². The Hall–Kier alpha value is -2.11. The molecule has 4 rings (SSSR count). The van der Waals surface area contributed by atoms with Crippen molar-refractivity contribution in [2.75, 3.05) is 13.2 Å². The average Bonchev–Trinajstić information content (AvgIpc) is 2.62. The lowest BCUT2D eigenvalue weighted by Crippen LogP contribution is -2.57. The number of ether oxygens (including phenoxy) is 1. The lowest BCUT2D eigenvalue weighted by molar-refractivity contribution is -0.0872. The number of pyridine rings is 1. The number of rotatable bonds is 4. The highest BCUT2D eigenvalue weighted by molar-refractivity contribution is 5.97. The lowest BCUT2D eigenvalue weighted by Gasteiger charge is -2.48. The van der Waals surface area contributed by atoms with E-state index in [0.717, 1.165) is 25.6 Å². The van der Waals surface area contributed by atoms with E-state index < -0.39 is 5.82 Å². The van der Waals surface area contributed by atoms with Gasteiger partial charge in [-0.25, -0.2) is 4.39 Å². The number of fused-ring (bicyclic) bond motifs is 2. The minimum absolute atomic E-state index is 0.00302. The van der Waals surface area contributed by atoms with Gasteiger partial charge in [0, 0.05) is 36.3 Å². The number of halogens is 1. The van der Waals surface area contributed by atoms with E-state index in [-0.39, 0.29) is 23.8 Å². The van der Waals surface area contributed by atoms with Crippen LogP contribution in [0.5, 0.6) is 0 Å². The molecule has 2 bridgehead atoms. The normalized spacial score (nSPS) is 26.4. The van der Waals surface area contributed by atoms with Gasteiger partial charge in [0.1, 0.15) is 5.82 Å². The maximum Gasteiger partial charge on any atom is 0.167 e. The standard InChI is InChI=1S/C20H21FN2O2/c21-17-6-16(9-22-10-17)20(24)15-7-18-12-25-13-19(8-15)23(18)11-14-4-2-1-3-5-14/h1-6,9-10,15,18-19H,7-8,11-13H2. The molecule has 1 aromatic heterocycles. The number of carbonyl (C=O) groups is 1. The van der Waals surface area contributed by atoms with Gasteiger partial charge in [-0.15, -0.1) is 0 Å². The molecule has 1 aromatic carbocycles. The van der Waals surface area contributed by atoms with Crippen molar-refractivity contribution < 1.29 is 13.9 Å². The zero-order valence-corrected chi connectivity index (χ0v) is 14.0. The first kappa shape index (κ1) is 16.4. The topological polar surface area (TPSA) is 42.4 Å². The van der Waals surface area contributed by atoms with Crippen LogP contribution in [-0.2, 0) is 11.3 Å². The Labute approximate surface area is 146 Å². The predicted octanol–water partition coefficient (Wildman–Crippen LogP) is 3.08. The van der Waals surface area contributed by atoms with E-state index in [0.29, 0.717) is 18.8 Å². The number of ketones is 1. The Morgan fingerprint density at radius 1 is 1.16 bits per heavy atom. The quantitative estimate of drug-likeness (QED) is 0.802. The van der Waals surface area contributed by atoms with Crippen LogP contribution in [0.3, 0.4) is 0 Å². The molecule has 0 N–H and O–H groups in total. The van der Waals surface area contributed by atoms with Crippen molar-refractivity contribution >= 4 is 5.78 Å². The van der Waals surface area contributed by atoms with Gasteiger partial charge in [0.2, 0.25) is 0 Å². The Morgan fingerprint density at radius 2 is 1.88 bits per heavy atom. The maximum atomic E-state index is 13.4. The second-order valence-corrected chi connectivity index (χ2v) is 6.93. The van der Waals surface area contributed by atoms with Crippen LogP contribution in [0.15, 0.2) is 48.8 Å². The molecular formula is C20H21FN2O2. The van der Waals surface area contributed by atoms with Crippen molar-refractivity contribution in [1.29, 1.82) is 0 Å². The lowest BCUT2D eigenvalue weighted by atomic mass is 9.80. The third-order valence-electron chi connectivity index (χ3n) is 5.24. The first-order chi connectivity index (χ1) is 12.2. The molecule has 0 radical (unpaired) electrons. The van der Waals surface area contributed by atoms with Gasteiger partial charge in [0.25, 0.3) is 0 Å². The molecule has 2 aliphatic heterocycles. The molecule has 2 saturated heterocycles. The molecule has 2 aliphatic rings. The molecule has 25 heavy (non-hydrogen) atoms. The predicted molar refractivity (Wildman–Crippen MR) is 91.6 cm³/mol. The van der Waals surface area contributed by atoms with E-state index in [1.165, 1.54) is 17.8 Å². The van der Waals surface area contributed by atoms with E-state index in [1.54, 1.807) is 0 Å². The molecule has 2 fully saturated rings. The van der Waals surface area contributed by atoms with Gasteiger partial charge in [-0.3, -0.25) is 14.7 Å². The minimum atomic E-state index is -0.462. The third-order valence-corrected chi connectivity index (χ3v) is 5.24. The van der Waals surface area contributed by atoms with Gasteiger partial charge in [-0.2, -0.15) is 0 Å². The molecule has 0 saturated carbocycles. The van der Waals surface area contributed by atoms with Crippen LogP contribution < -0.4 is 0 Å². The molecule has 0 spiro atoms. The molecule has 3 heterocycles. The monoisotopic (exact) mass is 340 g/mol. The molecule has 2 aromatic rings. The molecular weight excluding hydrogens is 319 g/mol. The molecule has 130 valence electrons. The Bertz CT molecular complexity index is 738. The molecule has 0 aliphatic carbocycles. The van der Waals surface area contributed by atoms with Crippen LogP contribution in [0.25, 0.3) is 0 Å². The molecule has 4 nitrogen and oxygen atoms in total. The fraction of sp³-hybridized carbons (Fsp3) is 0.400. The van der Waals surface area contributed by atoms with Crippen molar-refractivity contribution in [3.63, 3.8) is 0 Å². The number of hydrogen-bond acceptors (Lipinski definition) is 4. The highest BCUT2D eigenvalue weighted by atomic mass is 19.1. The fourth-order valence-electron chi connectivity index (χ4n) is 4.04. The Balaban J connectivity index is 1.50. The summed E-state index contributed by atoms with van der Waals surface area (Å²) in [6.07, 6.45) is 4.09. The van der Waals surface area contributed by atoms with E-state index in [4.69, 9.17) is 4.74 Å². The van der Waals surface area contributed by atoms with Gasteiger partial charge in [0.05, 0.1) is 19.4 Å². The number of morpholine rings is 1. The largest absolute Gasteiger partial charge is 0.378 e. The highest BCUT2D eigenvalue weighted by Gasteiger charge is 2.41. The van der Waals surface area contributed by atoms with Gasteiger partial charge in [0.15, 0.2) is 5.78 Å². The first-order valence-corrected chi connectivity index (χ1v) is 8.73. The second-order valence-electron chi connectivity index (χ2n) is 6.93. The fourth-order valence-corrected chi connectivity index (χ4v) is 4.04. The summed E-state index contributed by atoms with van der Waals surface area (Å²) < 4.78 is 19.1. The van der Waals surface area contributed by atoms with Crippen molar-refractivity contribution in [1.82, 2.24) is 9.88 Å². The number of nitrogens with zero attached hydrogens (tertiary/aromatic N) is 2. The summed E-state index contributed by atoms with van der Waals surface area (Å²) in [5.74, 6) is -0.548. The first-order valence-electron chi connectivity index (χ1n) is 8.73. The zero-order chi connectivity index (χ0) is 17.2. The number of aromatic nitrogens is 1.